The van der Waals surface area contributed by atoms with Crippen molar-refractivity contribution in [3.8, 4) is 22.6 Å². The van der Waals surface area contributed by atoms with Crippen molar-refractivity contribution < 1.29 is 0 Å². The molecule has 0 fully saturated rings. The second-order valence-electron chi connectivity index (χ2n) is 7.98. The van der Waals surface area contributed by atoms with Crippen LogP contribution in [0.4, 0.5) is 0 Å². The molecule has 0 saturated heterocycles. The number of benzene rings is 1. The van der Waals surface area contributed by atoms with Crippen molar-refractivity contribution in [3.05, 3.63) is 96.6 Å². The highest BCUT2D eigenvalue weighted by Crippen LogP contribution is 2.29. The average Bonchev–Trinajstić information content (AvgIpc) is 3.48. The summed E-state index contributed by atoms with van der Waals surface area (Å²) in [6.07, 6.45) is 7.34. The molecule has 5 aromatic heterocycles. The van der Waals surface area contributed by atoms with Gasteiger partial charge in [-0.1, -0.05) is 30.3 Å². The van der Waals surface area contributed by atoms with Crippen LogP contribution in [0, 0.1) is 0 Å². The fraction of sp³-hybridized carbons (Fsp3) is 0.0769. The lowest BCUT2D eigenvalue weighted by atomic mass is 10.1. The summed E-state index contributed by atoms with van der Waals surface area (Å²) in [5.41, 5.74) is 8.58. The molecule has 0 atom stereocenters. The number of H-pyrrole nitrogens is 2. The predicted molar refractivity (Wildman–Crippen MR) is 129 cm³/mol. The quantitative estimate of drug-likeness (QED) is 0.350. The molecule has 0 aliphatic rings. The van der Waals surface area contributed by atoms with E-state index in [4.69, 9.17) is 4.98 Å². The van der Waals surface area contributed by atoms with E-state index in [1.807, 2.05) is 42.9 Å². The Hall–Kier alpha value is -4.36. The molecular weight excluding hydrogens is 410 g/mol. The van der Waals surface area contributed by atoms with Gasteiger partial charge in [0.15, 0.2) is 0 Å². The van der Waals surface area contributed by atoms with Crippen LogP contribution in [0.5, 0.6) is 0 Å². The van der Waals surface area contributed by atoms with Gasteiger partial charge >= 0.3 is 0 Å². The van der Waals surface area contributed by atoms with E-state index in [1.54, 1.807) is 6.20 Å². The minimum Gasteiger partial charge on any atom is -0.352 e. The zero-order valence-corrected chi connectivity index (χ0v) is 17.8. The summed E-state index contributed by atoms with van der Waals surface area (Å²) in [5.74, 6) is 0. The van der Waals surface area contributed by atoms with Gasteiger partial charge in [-0.2, -0.15) is 5.10 Å². The minimum absolute atomic E-state index is 0.734. The Morgan fingerprint density at radius 2 is 1.70 bits per heavy atom. The van der Waals surface area contributed by atoms with E-state index >= 15 is 0 Å². The van der Waals surface area contributed by atoms with E-state index in [0.717, 1.165) is 63.2 Å². The smallest absolute Gasteiger partial charge is 0.135 e. The van der Waals surface area contributed by atoms with Gasteiger partial charge in [0.25, 0.3) is 0 Å². The normalized spacial score (nSPS) is 11.4. The summed E-state index contributed by atoms with van der Waals surface area (Å²) in [6.45, 7) is 1.55. The standard InChI is InChI=1S/C26H21N7/c1-2-4-17(5-3-1)12-28-13-18-10-20(15-29-14-18)21-6-7-22-25(31-21)26(33-32-22)23-11-19-8-9-27-16-24(19)30-23/h1-11,14-16,28,30H,12-13H2,(H,32,33). The highest BCUT2D eigenvalue weighted by molar-refractivity contribution is 5.94. The molecule has 0 spiro atoms. The predicted octanol–water partition coefficient (Wildman–Crippen LogP) is 4.85. The number of aromatic nitrogens is 6. The minimum atomic E-state index is 0.734. The Balaban J connectivity index is 1.28. The van der Waals surface area contributed by atoms with E-state index in [2.05, 4.69) is 66.9 Å². The van der Waals surface area contributed by atoms with E-state index in [1.165, 1.54) is 5.56 Å². The number of fused-ring (bicyclic) bond motifs is 2. The average molecular weight is 432 g/mol. The van der Waals surface area contributed by atoms with Crippen LogP contribution >= 0.6 is 0 Å². The van der Waals surface area contributed by atoms with Crippen LogP contribution in [0.15, 0.2) is 85.5 Å². The third-order valence-electron chi connectivity index (χ3n) is 5.68. The lowest BCUT2D eigenvalue weighted by molar-refractivity contribution is 0.691. The molecule has 0 aliphatic carbocycles. The zero-order chi connectivity index (χ0) is 22.0. The van der Waals surface area contributed by atoms with Crippen molar-refractivity contribution in [2.75, 3.05) is 0 Å². The molecule has 0 radical (unpaired) electrons. The van der Waals surface area contributed by atoms with Gasteiger partial charge in [0.1, 0.15) is 11.2 Å². The molecule has 160 valence electrons. The zero-order valence-electron chi connectivity index (χ0n) is 17.8. The number of nitrogens with zero attached hydrogens (tertiary/aromatic N) is 4. The topological polar surface area (TPSA) is 95.2 Å². The van der Waals surface area contributed by atoms with Gasteiger partial charge < -0.3 is 10.3 Å². The molecule has 0 unspecified atom stereocenters. The Morgan fingerprint density at radius 1 is 0.788 bits per heavy atom. The van der Waals surface area contributed by atoms with E-state index in [0.29, 0.717) is 0 Å². The molecule has 0 bridgehead atoms. The maximum absolute atomic E-state index is 4.93. The molecule has 7 heteroatoms. The maximum atomic E-state index is 4.93. The number of aromatic amines is 2. The van der Waals surface area contributed by atoms with Gasteiger partial charge in [0, 0.05) is 42.6 Å². The lowest BCUT2D eigenvalue weighted by Gasteiger charge is -2.07. The Morgan fingerprint density at radius 3 is 2.61 bits per heavy atom. The highest BCUT2D eigenvalue weighted by atomic mass is 15.1. The molecule has 1 aromatic carbocycles. The van der Waals surface area contributed by atoms with Gasteiger partial charge in [-0.15, -0.1) is 0 Å². The first-order valence-corrected chi connectivity index (χ1v) is 10.8. The van der Waals surface area contributed by atoms with Gasteiger partial charge in [0.2, 0.25) is 0 Å². The first-order valence-electron chi connectivity index (χ1n) is 10.8. The largest absolute Gasteiger partial charge is 0.352 e. The summed E-state index contributed by atoms with van der Waals surface area (Å²) in [5, 5.41) is 12.2. The highest BCUT2D eigenvalue weighted by Gasteiger charge is 2.14. The maximum Gasteiger partial charge on any atom is 0.135 e. The molecule has 0 saturated carbocycles. The lowest BCUT2D eigenvalue weighted by Crippen LogP contribution is -2.12. The first-order chi connectivity index (χ1) is 16.3. The van der Waals surface area contributed by atoms with E-state index < -0.39 is 0 Å². The second-order valence-corrected chi connectivity index (χ2v) is 7.98. The number of hydrogen-bond donors (Lipinski definition) is 3. The van der Waals surface area contributed by atoms with Crippen molar-refractivity contribution in [3.63, 3.8) is 0 Å². The van der Waals surface area contributed by atoms with Crippen molar-refractivity contribution in [2.24, 2.45) is 0 Å². The monoisotopic (exact) mass is 431 g/mol. The molecule has 6 aromatic rings. The molecule has 3 N–H and O–H groups in total. The Kier molecular flexibility index (Phi) is 4.86. The number of rotatable bonds is 6. The Labute approximate surface area is 190 Å². The summed E-state index contributed by atoms with van der Waals surface area (Å²) in [7, 11) is 0. The van der Waals surface area contributed by atoms with Crippen LogP contribution < -0.4 is 5.32 Å². The second kappa shape index (κ2) is 8.29. The van der Waals surface area contributed by atoms with Crippen LogP contribution in [0.3, 0.4) is 0 Å². The third kappa shape index (κ3) is 3.86. The van der Waals surface area contributed by atoms with Crippen LogP contribution in [-0.4, -0.2) is 30.1 Å². The van der Waals surface area contributed by atoms with Crippen LogP contribution in [0.1, 0.15) is 11.1 Å². The van der Waals surface area contributed by atoms with Crippen LogP contribution in [0.25, 0.3) is 44.6 Å². The molecule has 33 heavy (non-hydrogen) atoms. The fourth-order valence-corrected chi connectivity index (χ4v) is 4.02. The van der Waals surface area contributed by atoms with Gasteiger partial charge in [-0.05, 0) is 41.5 Å². The van der Waals surface area contributed by atoms with Gasteiger partial charge in [0.05, 0.1) is 28.6 Å². The molecular formula is C26H21N7. The van der Waals surface area contributed by atoms with Crippen LogP contribution in [0.2, 0.25) is 0 Å². The number of pyridine rings is 3. The van der Waals surface area contributed by atoms with Crippen molar-refractivity contribution in [2.45, 2.75) is 13.1 Å². The third-order valence-corrected chi connectivity index (χ3v) is 5.68. The van der Waals surface area contributed by atoms with E-state index in [9.17, 15) is 0 Å². The first kappa shape index (κ1) is 19.3. The summed E-state index contributed by atoms with van der Waals surface area (Å²) in [4.78, 5) is 17.0. The van der Waals surface area contributed by atoms with Gasteiger partial charge in [-0.25, -0.2) is 4.98 Å². The van der Waals surface area contributed by atoms with Crippen LogP contribution in [-0.2, 0) is 13.1 Å². The molecule has 0 aliphatic heterocycles. The number of nitrogens with one attached hydrogen (secondary N) is 3. The van der Waals surface area contributed by atoms with Crippen molar-refractivity contribution in [1.82, 2.24) is 35.5 Å². The van der Waals surface area contributed by atoms with Crippen molar-refractivity contribution >= 4 is 21.9 Å². The molecule has 6 rings (SSSR count). The van der Waals surface area contributed by atoms with Crippen molar-refractivity contribution in [1.29, 1.82) is 0 Å². The molecule has 5 heterocycles. The summed E-state index contributed by atoms with van der Waals surface area (Å²) in [6, 6.07) is 20.6. The SMILES string of the molecule is c1ccc(CNCc2cncc(-c3ccc4[nH]nc(-c5cc6ccncc6[nH]5)c4n3)c2)cc1. The summed E-state index contributed by atoms with van der Waals surface area (Å²) >= 11 is 0. The summed E-state index contributed by atoms with van der Waals surface area (Å²) < 4.78 is 0. The number of hydrogen-bond acceptors (Lipinski definition) is 5. The van der Waals surface area contributed by atoms with E-state index in [-0.39, 0.29) is 0 Å². The molecule has 7 nitrogen and oxygen atoms in total. The molecule has 0 amide bonds. The van der Waals surface area contributed by atoms with Gasteiger partial charge in [-0.3, -0.25) is 15.1 Å². The Bertz CT molecular complexity index is 1520. The fourth-order valence-electron chi connectivity index (χ4n) is 4.02.